The average molecular weight is 287 g/mol. The van der Waals surface area contributed by atoms with Gasteiger partial charge in [-0.15, -0.1) is 0 Å². The van der Waals surface area contributed by atoms with Crippen LogP contribution in [0.5, 0.6) is 0 Å². The summed E-state index contributed by atoms with van der Waals surface area (Å²) in [6, 6.07) is 4.78. The van der Waals surface area contributed by atoms with Crippen LogP contribution in [-0.2, 0) is 6.54 Å². The highest BCUT2D eigenvalue weighted by Crippen LogP contribution is 2.19. The molecule has 2 aromatic heterocycles. The first-order valence-electron chi connectivity index (χ1n) is 6.35. The third-order valence-corrected chi connectivity index (χ3v) is 3.54. The number of H-pyrrole nitrogens is 1. The molecule has 3 rings (SSSR count). The highest BCUT2D eigenvalue weighted by atomic mass is 16.5. The Kier molecular flexibility index (Phi) is 2.90. The summed E-state index contributed by atoms with van der Waals surface area (Å²) >= 11 is 0. The molecule has 7 heteroatoms. The molecule has 7 nitrogen and oxygen atoms in total. The summed E-state index contributed by atoms with van der Waals surface area (Å²) in [5.41, 5.74) is 2.10. The molecule has 3 aromatic rings. The number of carboxylic acid groups (broad SMARTS) is 1. The Morgan fingerprint density at radius 3 is 2.81 bits per heavy atom. The molecule has 0 saturated carbocycles. The van der Waals surface area contributed by atoms with Gasteiger partial charge in [0.15, 0.2) is 0 Å². The molecule has 0 unspecified atom stereocenters. The number of aromatic amines is 1. The first-order valence-corrected chi connectivity index (χ1v) is 6.35. The fraction of sp³-hybridized carbons (Fsp3) is 0.214. The van der Waals surface area contributed by atoms with Crippen molar-refractivity contribution in [2.45, 2.75) is 20.4 Å². The Bertz CT molecular complexity index is 881. The number of hydrogen-bond donors (Lipinski definition) is 2. The molecule has 0 aliphatic carbocycles. The van der Waals surface area contributed by atoms with E-state index < -0.39 is 5.97 Å². The number of para-hydroxylation sites is 1. The normalized spacial score (nSPS) is 11.1. The highest BCUT2D eigenvalue weighted by molar-refractivity contribution is 6.00. The van der Waals surface area contributed by atoms with Gasteiger partial charge in [-0.2, -0.15) is 0 Å². The van der Waals surface area contributed by atoms with Crippen molar-refractivity contribution in [2.75, 3.05) is 0 Å². The number of hydrogen-bond acceptors (Lipinski definition) is 4. The number of aromatic carboxylic acids is 1. The monoisotopic (exact) mass is 287 g/mol. The summed E-state index contributed by atoms with van der Waals surface area (Å²) in [7, 11) is 0. The zero-order chi connectivity index (χ0) is 15.1. The predicted molar refractivity (Wildman–Crippen MR) is 74.6 cm³/mol. The lowest BCUT2D eigenvalue weighted by molar-refractivity contribution is 0.0699. The van der Waals surface area contributed by atoms with Gasteiger partial charge in [0.05, 0.1) is 28.8 Å². The smallest absolute Gasteiger partial charge is 0.337 e. The quantitative estimate of drug-likeness (QED) is 0.763. The number of benzene rings is 1. The van der Waals surface area contributed by atoms with Gasteiger partial charge in [-0.3, -0.25) is 4.57 Å². The number of aromatic nitrogens is 3. The molecule has 2 N–H and O–H groups in total. The Labute approximate surface area is 118 Å². The topological polar surface area (TPSA) is 101 Å². The van der Waals surface area contributed by atoms with Gasteiger partial charge in [-0.05, 0) is 26.0 Å². The van der Waals surface area contributed by atoms with E-state index in [-0.39, 0.29) is 17.8 Å². The second-order valence-electron chi connectivity index (χ2n) is 4.82. The van der Waals surface area contributed by atoms with Crippen molar-refractivity contribution in [1.82, 2.24) is 14.7 Å². The van der Waals surface area contributed by atoms with Crippen LogP contribution >= 0.6 is 0 Å². The van der Waals surface area contributed by atoms with E-state index >= 15 is 0 Å². The first-order chi connectivity index (χ1) is 9.99. The minimum absolute atomic E-state index is 0.0714. The molecule has 0 bridgehead atoms. The van der Waals surface area contributed by atoms with Crippen molar-refractivity contribution in [3.63, 3.8) is 0 Å². The molecule has 0 fully saturated rings. The van der Waals surface area contributed by atoms with Crippen LogP contribution in [0.1, 0.15) is 27.4 Å². The molecule has 0 aliphatic rings. The van der Waals surface area contributed by atoms with Crippen LogP contribution in [0.3, 0.4) is 0 Å². The standard InChI is InChI=1S/C14H13N3O4/c1-7-10(8(2)21-16-7)6-17-11-5-3-4-9(13(18)19)12(11)15-14(17)20/h3-5H,6H2,1-2H3,(H,15,20)(H,18,19). The molecule has 21 heavy (non-hydrogen) atoms. The summed E-state index contributed by atoms with van der Waals surface area (Å²) in [4.78, 5) is 25.9. The van der Waals surface area contributed by atoms with Crippen molar-refractivity contribution in [2.24, 2.45) is 0 Å². The number of carboxylic acids is 1. The number of rotatable bonds is 3. The van der Waals surface area contributed by atoms with E-state index in [1.807, 2.05) is 0 Å². The molecule has 0 aliphatic heterocycles. The number of carbonyl (C=O) groups is 1. The predicted octanol–water partition coefficient (Wildman–Crippen LogP) is 1.68. The molecule has 108 valence electrons. The lowest BCUT2D eigenvalue weighted by Crippen LogP contribution is -2.17. The van der Waals surface area contributed by atoms with Gasteiger partial charge in [0.25, 0.3) is 0 Å². The van der Waals surface area contributed by atoms with Crippen LogP contribution in [0.2, 0.25) is 0 Å². The zero-order valence-electron chi connectivity index (χ0n) is 11.5. The Morgan fingerprint density at radius 2 is 2.19 bits per heavy atom. The van der Waals surface area contributed by atoms with E-state index in [1.54, 1.807) is 26.0 Å². The minimum Gasteiger partial charge on any atom is -0.478 e. The van der Waals surface area contributed by atoms with Gasteiger partial charge in [-0.25, -0.2) is 9.59 Å². The number of fused-ring (bicyclic) bond motifs is 1. The Balaban J connectivity index is 2.20. The van der Waals surface area contributed by atoms with Gasteiger partial charge < -0.3 is 14.6 Å². The number of nitrogens with one attached hydrogen (secondary N) is 1. The Morgan fingerprint density at radius 1 is 1.43 bits per heavy atom. The lowest BCUT2D eigenvalue weighted by Gasteiger charge is -2.03. The van der Waals surface area contributed by atoms with Crippen molar-refractivity contribution in [3.05, 3.63) is 51.3 Å². The molecule has 1 aromatic carbocycles. The van der Waals surface area contributed by atoms with Crippen LogP contribution in [0, 0.1) is 13.8 Å². The number of aryl methyl sites for hydroxylation is 2. The van der Waals surface area contributed by atoms with Gasteiger partial charge in [-0.1, -0.05) is 11.2 Å². The summed E-state index contributed by atoms with van der Waals surface area (Å²) in [6.07, 6.45) is 0. The second-order valence-corrected chi connectivity index (χ2v) is 4.82. The molecule has 2 heterocycles. The van der Waals surface area contributed by atoms with E-state index in [0.717, 1.165) is 5.56 Å². The lowest BCUT2D eigenvalue weighted by atomic mass is 10.1. The summed E-state index contributed by atoms with van der Waals surface area (Å²) in [6.45, 7) is 3.86. The van der Waals surface area contributed by atoms with Crippen molar-refractivity contribution in [3.8, 4) is 0 Å². The molecule has 0 saturated heterocycles. The molecule has 0 radical (unpaired) electrons. The van der Waals surface area contributed by atoms with Gasteiger partial charge in [0.1, 0.15) is 5.76 Å². The molecular weight excluding hydrogens is 274 g/mol. The molecule has 0 spiro atoms. The van der Waals surface area contributed by atoms with E-state index in [4.69, 9.17) is 4.52 Å². The highest BCUT2D eigenvalue weighted by Gasteiger charge is 2.17. The molecular formula is C14H13N3O4. The average Bonchev–Trinajstić information content (AvgIpc) is 2.92. The number of imidazole rings is 1. The fourth-order valence-corrected chi connectivity index (χ4v) is 2.40. The van der Waals surface area contributed by atoms with Gasteiger partial charge in [0.2, 0.25) is 0 Å². The van der Waals surface area contributed by atoms with Crippen LogP contribution in [0.15, 0.2) is 27.5 Å². The maximum atomic E-state index is 12.1. The third-order valence-electron chi connectivity index (χ3n) is 3.54. The number of nitrogens with zero attached hydrogens (tertiary/aromatic N) is 2. The maximum Gasteiger partial charge on any atom is 0.337 e. The second kappa shape index (κ2) is 4.62. The minimum atomic E-state index is -1.08. The van der Waals surface area contributed by atoms with Crippen molar-refractivity contribution in [1.29, 1.82) is 0 Å². The van der Waals surface area contributed by atoms with E-state index in [1.165, 1.54) is 10.6 Å². The van der Waals surface area contributed by atoms with Crippen molar-refractivity contribution >= 4 is 17.0 Å². The molecule has 0 atom stereocenters. The Hall–Kier alpha value is -2.83. The van der Waals surface area contributed by atoms with E-state index in [9.17, 15) is 14.7 Å². The zero-order valence-corrected chi connectivity index (χ0v) is 11.5. The van der Waals surface area contributed by atoms with Crippen LogP contribution in [0.25, 0.3) is 11.0 Å². The largest absolute Gasteiger partial charge is 0.478 e. The van der Waals surface area contributed by atoms with Gasteiger partial charge >= 0.3 is 11.7 Å². The summed E-state index contributed by atoms with van der Waals surface area (Å²) in [5, 5.41) is 13.0. The third kappa shape index (κ3) is 2.03. The van der Waals surface area contributed by atoms with Crippen LogP contribution < -0.4 is 5.69 Å². The molecule has 0 amide bonds. The van der Waals surface area contributed by atoms with E-state index in [0.29, 0.717) is 22.5 Å². The first kappa shape index (κ1) is 13.2. The van der Waals surface area contributed by atoms with Crippen molar-refractivity contribution < 1.29 is 14.4 Å². The fourth-order valence-electron chi connectivity index (χ4n) is 2.40. The van der Waals surface area contributed by atoms with E-state index in [2.05, 4.69) is 10.1 Å². The van der Waals surface area contributed by atoms with Crippen LogP contribution in [0.4, 0.5) is 0 Å². The maximum absolute atomic E-state index is 12.1. The summed E-state index contributed by atoms with van der Waals surface area (Å²) < 4.78 is 6.57. The van der Waals surface area contributed by atoms with Gasteiger partial charge in [0, 0.05) is 5.56 Å². The van der Waals surface area contributed by atoms with Crippen LogP contribution in [-0.4, -0.2) is 25.8 Å². The summed E-state index contributed by atoms with van der Waals surface area (Å²) in [5.74, 6) is -0.436. The SMILES string of the molecule is Cc1noc(C)c1Cn1c(=O)[nH]c2c(C(=O)O)cccc21.